The first-order valence-corrected chi connectivity index (χ1v) is 7.66. The van der Waals surface area contributed by atoms with E-state index in [4.69, 9.17) is 0 Å². The van der Waals surface area contributed by atoms with Crippen LogP contribution >= 0.6 is 11.3 Å². The summed E-state index contributed by atoms with van der Waals surface area (Å²) in [6.45, 7) is 1.62. The Hall–Kier alpha value is -1.72. The molecule has 1 heterocycles. The molecule has 112 valence electrons. The van der Waals surface area contributed by atoms with Crippen molar-refractivity contribution in [2.24, 2.45) is 0 Å². The Morgan fingerprint density at radius 3 is 2.57 bits per heavy atom. The van der Waals surface area contributed by atoms with E-state index >= 15 is 0 Å². The molecule has 5 heteroatoms. The number of nitrogens with one attached hydrogen (secondary N) is 1. The summed E-state index contributed by atoms with van der Waals surface area (Å²) in [5.41, 5.74) is 0.924. The molecule has 21 heavy (non-hydrogen) atoms. The first kappa shape index (κ1) is 15.7. The number of amides is 1. The average Bonchev–Trinajstić information content (AvgIpc) is 2.94. The average molecular weight is 306 g/mol. The summed E-state index contributed by atoms with van der Waals surface area (Å²) in [6.07, 6.45) is 0.926. The summed E-state index contributed by atoms with van der Waals surface area (Å²) >= 11 is 1.42. The quantitative estimate of drug-likeness (QED) is 0.831. The Labute approximate surface area is 128 Å². The second-order valence-corrected chi connectivity index (χ2v) is 6.17. The third kappa shape index (κ3) is 4.65. The topological polar surface area (TPSA) is 32.3 Å². The molecular weight excluding hydrogens is 287 g/mol. The maximum absolute atomic E-state index is 12.9. The van der Waals surface area contributed by atoms with Crippen molar-refractivity contribution in [3.8, 4) is 10.4 Å². The van der Waals surface area contributed by atoms with Gasteiger partial charge in [-0.15, -0.1) is 11.3 Å². The third-order valence-corrected chi connectivity index (χ3v) is 4.16. The summed E-state index contributed by atoms with van der Waals surface area (Å²) in [5, 5.41) is 2.91. The molecule has 1 aromatic heterocycles. The number of hydrogen-bond donors (Lipinski definition) is 1. The van der Waals surface area contributed by atoms with Gasteiger partial charge in [0.15, 0.2) is 0 Å². The number of thiophene rings is 1. The minimum Gasteiger partial charge on any atom is -0.351 e. The van der Waals surface area contributed by atoms with Crippen LogP contribution in [0.2, 0.25) is 0 Å². The number of carbonyl (C=O) groups is 1. The Morgan fingerprint density at radius 2 is 1.90 bits per heavy atom. The molecule has 3 nitrogen and oxygen atoms in total. The smallest absolute Gasteiger partial charge is 0.261 e. The van der Waals surface area contributed by atoms with Crippen molar-refractivity contribution in [3.63, 3.8) is 0 Å². The van der Waals surface area contributed by atoms with Gasteiger partial charge in [-0.2, -0.15) is 0 Å². The molecular formula is C16H19FN2OS. The van der Waals surface area contributed by atoms with Crippen molar-refractivity contribution in [3.05, 3.63) is 47.1 Å². The predicted octanol–water partition coefficient (Wildman–Crippen LogP) is 3.24. The van der Waals surface area contributed by atoms with Crippen molar-refractivity contribution in [2.45, 2.75) is 6.42 Å². The van der Waals surface area contributed by atoms with Gasteiger partial charge in [-0.1, -0.05) is 12.1 Å². The standard InChI is InChI=1S/C16H19FN2OS/c1-19(2)11-3-10-18-16(20)15-9-8-14(21-15)12-4-6-13(17)7-5-12/h4-9H,3,10-11H2,1-2H3,(H,18,20). The zero-order valence-electron chi connectivity index (χ0n) is 12.2. The van der Waals surface area contributed by atoms with E-state index in [0.717, 1.165) is 23.4 Å². The number of benzene rings is 1. The van der Waals surface area contributed by atoms with E-state index in [9.17, 15) is 9.18 Å². The normalized spacial score (nSPS) is 10.9. The van der Waals surface area contributed by atoms with E-state index in [2.05, 4.69) is 10.2 Å². The molecule has 1 aromatic carbocycles. The highest BCUT2D eigenvalue weighted by Gasteiger charge is 2.09. The molecule has 0 aliphatic carbocycles. The van der Waals surface area contributed by atoms with Crippen LogP contribution in [0.3, 0.4) is 0 Å². The Balaban J connectivity index is 1.93. The van der Waals surface area contributed by atoms with Crippen LogP contribution in [0.4, 0.5) is 4.39 Å². The molecule has 2 rings (SSSR count). The van der Waals surface area contributed by atoms with Crippen molar-refractivity contribution in [2.75, 3.05) is 27.2 Å². The molecule has 0 bridgehead atoms. The van der Waals surface area contributed by atoms with E-state index in [1.165, 1.54) is 23.5 Å². The van der Waals surface area contributed by atoms with Crippen LogP contribution in [0.15, 0.2) is 36.4 Å². The van der Waals surface area contributed by atoms with E-state index < -0.39 is 0 Å². The summed E-state index contributed by atoms with van der Waals surface area (Å²) in [4.78, 5) is 15.7. The maximum Gasteiger partial charge on any atom is 0.261 e. The van der Waals surface area contributed by atoms with Crippen LogP contribution in [0.5, 0.6) is 0 Å². The number of rotatable bonds is 6. The number of nitrogens with zero attached hydrogens (tertiary/aromatic N) is 1. The van der Waals surface area contributed by atoms with Gasteiger partial charge in [-0.05, 0) is 56.9 Å². The van der Waals surface area contributed by atoms with Gasteiger partial charge in [0.05, 0.1) is 4.88 Å². The SMILES string of the molecule is CN(C)CCCNC(=O)c1ccc(-c2ccc(F)cc2)s1. The Kier molecular flexibility index (Phi) is 5.47. The van der Waals surface area contributed by atoms with E-state index in [0.29, 0.717) is 11.4 Å². The van der Waals surface area contributed by atoms with Crippen LogP contribution in [0.1, 0.15) is 16.1 Å². The van der Waals surface area contributed by atoms with Crippen LogP contribution in [0.25, 0.3) is 10.4 Å². The summed E-state index contributed by atoms with van der Waals surface area (Å²) in [5.74, 6) is -0.304. The van der Waals surface area contributed by atoms with Gasteiger partial charge in [-0.25, -0.2) is 4.39 Å². The second-order valence-electron chi connectivity index (χ2n) is 5.08. The fourth-order valence-corrected chi connectivity index (χ4v) is 2.84. The second kappa shape index (κ2) is 7.33. The molecule has 0 saturated carbocycles. The van der Waals surface area contributed by atoms with Crippen LogP contribution < -0.4 is 5.32 Å². The van der Waals surface area contributed by atoms with Crippen LogP contribution in [0, 0.1) is 5.82 Å². The maximum atomic E-state index is 12.9. The number of carbonyl (C=O) groups excluding carboxylic acids is 1. The lowest BCUT2D eigenvalue weighted by atomic mass is 10.2. The largest absolute Gasteiger partial charge is 0.351 e. The molecule has 0 atom stereocenters. The van der Waals surface area contributed by atoms with Crippen molar-refractivity contribution in [1.82, 2.24) is 10.2 Å². The van der Waals surface area contributed by atoms with Gasteiger partial charge in [0.25, 0.3) is 5.91 Å². The molecule has 0 unspecified atom stereocenters. The first-order valence-electron chi connectivity index (χ1n) is 6.85. The fourth-order valence-electron chi connectivity index (χ4n) is 1.91. The van der Waals surface area contributed by atoms with Crippen LogP contribution in [-0.4, -0.2) is 38.0 Å². The van der Waals surface area contributed by atoms with E-state index in [-0.39, 0.29) is 11.7 Å². The van der Waals surface area contributed by atoms with Gasteiger partial charge >= 0.3 is 0 Å². The van der Waals surface area contributed by atoms with Crippen LogP contribution in [-0.2, 0) is 0 Å². The lowest BCUT2D eigenvalue weighted by Crippen LogP contribution is -2.26. The number of halogens is 1. The molecule has 1 amide bonds. The zero-order chi connectivity index (χ0) is 15.2. The van der Waals surface area contributed by atoms with Gasteiger partial charge in [-0.3, -0.25) is 4.79 Å². The van der Waals surface area contributed by atoms with Gasteiger partial charge in [0.1, 0.15) is 5.82 Å². The lowest BCUT2D eigenvalue weighted by Gasteiger charge is -2.09. The number of hydrogen-bond acceptors (Lipinski definition) is 3. The zero-order valence-corrected chi connectivity index (χ0v) is 13.0. The summed E-state index contributed by atoms with van der Waals surface area (Å²) < 4.78 is 12.9. The summed E-state index contributed by atoms with van der Waals surface area (Å²) in [7, 11) is 4.02. The van der Waals surface area contributed by atoms with Gasteiger partial charge in [0, 0.05) is 11.4 Å². The molecule has 1 N–H and O–H groups in total. The van der Waals surface area contributed by atoms with Gasteiger partial charge in [0.2, 0.25) is 0 Å². The molecule has 0 aliphatic heterocycles. The third-order valence-electron chi connectivity index (χ3n) is 3.03. The predicted molar refractivity (Wildman–Crippen MR) is 85.2 cm³/mol. The molecule has 0 radical (unpaired) electrons. The highest BCUT2D eigenvalue weighted by Crippen LogP contribution is 2.28. The minimum atomic E-state index is -0.255. The molecule has 0 saturated heterocycles. The summed E-state index contributed by atoms with van der Waals surface area (Å²) in [6, 6.07) is 10.0. The van der Waals surface area contributed by atoms with E-state index in [1.807, 2.05) is 26.2 Å². The lowest BCUT2D eigenvalue weighted by molar-refractivity contribution is 0.0956. The first-order chi connectivity index (χ1) is 10.1. The van der Waals surface area contributed by atoms with E-state index in [1.54, 1.807) is 12.1 Å². The highest BCUT2D eigenvalue weighted by molar-refractivity contribution is 7.17. The minimum absolute atomic E-state index is 0.0490. The monoisotopic (exact) mass is 306 g/mol. The van der Waals surface area contributed by atoms with Gasteiger partial charge < -0.3 is 10.2 Å². The van der Waals surface area contributed by atoms with Crippen molar-refractivity contribution < 1.29 is 9.18 Å². The van der Waals surface area contributed by atoms with Crippen molar-refractivity contribution in [1.29, 1.82) is 0 Å². The Bertz CT molecular complexity index is 593. The Morgan fingerprint density at radius 1 is 1.19 bits per heavy atom. The molecule has 2 aromatic rings. The molecule has 0 fully saturated rings. The molecule has 0 spiro atoms. The molecule has 0 aliphatic rings. The van der Waals surface area contributed by atoms with Crippen molar-refractivity contribution >= 4 is 17.2 Å². The fraction of sp³-hybridized carbons (Fsp3) is 0.312. The highest BCUT2D eigenvalue weighted by atomic mass is 32.1.